The summed E-state index contributed by atoms with van der Waals surface area (Å²) in [5.41, 5.74) is 1.80. The smallest absolute Gasteiger partial charge is 0.160 e. The number of hydrogen-bond donors (Lipinski definition) is 0. The summed E-state index contributed by atoms with van der Waals surface area (Å²) < 4.78 is 2.07. The summed E-state index contributed by atoms with van der Waals surface area (Å²) >= 11 is 11.8. The molecule has 2 aromatic heterocycles. The van der Waals surface area contributed by atoms with Crippen molar-refractivity contribution in [1.82, 2.24) is 14.5 Å². The molecule has 0 radical (unpaired) electrons. The lowest BCUT2D eigenvalue weighted by molar-refractivity contribution is 0.343. The first-order valence-corrected chi connectivity index (χ1v) is 6.38. The van der Waals surface area contributed by atoms with E-state index in [1.54, 1.807) is 6.20 Å². The predicted molar refractivity (Wildman–Crippen MR) is 71.6 cm³/mol. The van der Waals surface area contributed by atoms with Crippen molar-refractivity contribution in [3.63, 3.8) is 0 Å². The van der Waals surface area contributed by atoms with E-state index in [0.29, 0.717) is 10.9 Å². The first kappa shape index (κ1) is 12.7. The number of imidazole rings is 1. The third-order valence-electron chi connectivity index (χ3n) is 2.38. The van der Waals surface area contributed by atoms with Crippen molar-refractivity contribution in [1.29, 1.82) is 0 Å². The minimum atomic E-state index is 0.149. The summed E-state index contributed by atoms with van der Waals surface area (Å²) in [6.07, 6.45) is 1.64. The average molecular weight is 272 g/mol. The monoisotopic (exact) mass is 271 g/mol. The molecule has 0 unspecified atom stereocenters. The second-order valence-electron chi connectivity index (χ2n) is 5.30. The van der Waals surface area contributed by atoms with Gasteiger partial charge in [0, 0.05) is 12.7 Å². The van der Waals surface area contributed by atoms with Crippen LogP contribution in [0.1, 0.15) is 26.6 Å². The fourth-order valence-corrected chi connectivity index (χ4v) is 2.13. The zero-order valence-corrected chi connectivity index (χ0v) is 11.7. The Morgan fingerprint density at radius 2 is 2.06 bits per heavy atom. The lowest BCUT2D eigenvalue weighted by Gasteiger charge is -2.20. The van der Waals surface area contributed by atoms with Crippen molar-refractivity contribution in [2.45, 2.75) is 33.2 Å². The fourth-order valence-electron chi connectivity index (χ4n) is 1.78. The zero-order chi connectivity index (χ0) is 12.6. The van der Waals surface area contributed by atoms with E-state index in [1.165, 1.54) is 0 Å². The van der Waals surface area contributed by atoms with Gasteiger partial charge in [0.15, 0.2) is 5.65 Å². The second kappa shape index (κ2) is 4.46. The van der Waals surface area contributed by atoms with Gasteiger partial charge in [-0.05, 0) is 11.5 Å². The van der Waals surface area contributed by atoms with E-state index in [2.05, 4.69) is 35.3 Å². The molecule has 3 nitrogen and oxygen atoms in total. The standard InChI is InChI=1S/C12H15Cl2N3/c1-12(2,3)7-17-10(5-13)16-9-4-8(14)6-15-11(9)17/h4,6H,5,7H2,1-3H3. The minimum Gasteiger partial charge on any atom is -0.311 e. The SMILES string of the molecule is CC(C)(C)Cn1c(CCl)nc2cc(Cl)cnc21. The minimum absolute atomic E-state index is 0.149. The number of rotatable bonds is 2. The molecule has 0 aliphatic heterocycles. The second-order valence-corrected chi connectivity index (χ2v) is 6.01. The van der Waals surface area contributed by atoms with Crippen LogP contribution in [-0.2, 0) is 12.4 Å². The Hall–Kier alpha value is -0.800. The topological polar surface area (TPSA) is 30.7 Å². The van der Waals surface area contributed by atoms with Gasteiger partial charge in [-0.15, -0.1) is 11.6 Å². The molecule has 0 aliphatic rings. The van der Waals surface area contributed by atoms with E-state index < -0.39 is 0 Å². The molecule has 0 spiro atoms. The molecule has 0 amide bonds. The predicted octanol–water partition coefficient (Wildman–Crippen LogP) is 3.87. The third kappa shape index (κ3) is 2.72. The molecule has 2 aromatic rings. The average Bonchev–Trinajstić information content (AvgIpc) is 2.53. The van der Waals surface area contributed by atoms with Gasteiger partial charge in [-0.2, -0.15) is 0 Å². The number of halogens is 2. The van der Waals surface area contributed by atoms with E-state index in [1.807, 2.05) is 6.07 Å². The Kier molecular flexibility index (Phi) is 3.32. The number of aromatic nitrogens is 3. The Labute approximate surface area is 111 Å². The highest BCUT2D eigenvalue weighted by Gasteiger charge is 2.18. The van der Waals surface area contributed by atoms with Gasteiger partial charge in [0.25, 0.3) is 0 Å². The molecular weight excluding hydrogens is 257 g/mol. The van der Waals surface area contributed by atoms with Gasteiger partial charge in [0.1, 0.15) is 11.3 Å². The first-order chi connectivity index (χ1) is 7.90. The number of hydrogen-bond acceptors (Lipinski definition) is 2. The zero-order valence-electron chi connectivity index (χ0n) is 10.2. The maximum atomic E-state index is 5.93. The number of fused-ring (bicyclic) bond motifs is 1. The Morgan fingerprint density at radius 3 is 2.65 bits per heavy atom. The molecule has 17 heavy (non-hydrogen) atoms. The van der Waals surface area contributed by atoms with Gasteiger partial charge in [-0.1, -0.05) is 32.4 Å². The van der Waals surface area contributed by atoms with Gasteiger partial charge in [0.2, 0.25) is 0 Å². The Balaban J connectivity index is 2.58. The normalized spacial score (nSPS) is 12.3. The van der Waals surface area contributed by atoms with Crippen LogP contribution in [0.5, 0.6) is 0 Å². The third-order valence-corrected chi connectivity index (χ3v) is 2.83. The van der Waals surface area contributed by atoms with Crippen LogP contribution in [0, 0.1) is 5.41 Å². The van der Waals surface area contributed by atoms with Gasteiger partial charge in [-0.3, -0.25) is 0 Å². The summed E-state index contributed by atoms with van der Waals surface area (Å²) in [6, 6.07) is 1.82. The van der Waals surface area contributed by atoms with Crippen LogP contribution in [0.3, 0.4) is 0 Å². The van der Waals surface area contributed by atoms with Crippen molar-refractivity contribution < 1.29 is 0 Å². The molecule has 0 fully saturated rings. The highest BCUT2D eigenvalue weighted by molar-refractivity contribution is 6.31. The number of nitrogens with zero attached hydrogens (tertiary/aromatic N) is 3. The molecule has 0 N–H and O–H groups in total. The van der Waals surface area contributed by atoms with Crippen LogP contribution < -0.4 is 0 Å². The molecular formula is C12H15Cl2N3. The van der Waals surface area contributed by atoms with E-state index in [-0.39, 0.29) is 5.41 Å². The van der Waals surface area contributed by atoms with Crippen molar-refractivity contribution in [3.8, 4) is 0 Å². The number of pyridine rings is 1. The maximum absolute atomic E-state index is 5.93. The summed E-state index contributed by atoms with van der Waals surface area (Å²) in [6.45, 7) is 7.35. The molecule has 92 valence electrons. The van der Waals surface area contributed by atoms with E-state index in [4.69, 9.17) is 23.2 Å². The van der Waals surface area contributed by atoms with Crippen molar-refractivity contribution in [3.05, 3.63) is 23.1 Å². The van der Waals surface area contributed by atoms with Gasteiger partial charge in [0.05, 0.1) is 10.9 Å². The van der Waals surface area contributed by atoms with E-state index in [9.17, 15) is 0 Å². The van der Waals surface area contributed by atoms with Crippen molar-refractivity contribution in [2.75, 3.05) is 0 Å². The highest BCUT2D eigenvalue weighted by atomic mass is 35.5. The van der Waals surface area contributed by atoms with E-state index in [0.717, 1.165) is 23.5 Å². The van der Waals surface area contributed by atoms with Crippen LogP contribution in [-0.4, -0.2) is 14.5 Å². The van der Waals surface area contributed by atoms with Crippen molar-refractivity contribution in [2.24, 2.45) is 5.41 Å². The highest BCUT2D eigenvalue weighted by Crippen LogP contribution is 2.24. The molecule has 0 atom stereocenters. The fraction of sp³-hybridized carbons (Fsp3) is 0.500. The van der Waals surface area contributed by atoms with Crippen LogP contribution in [0.2, 0.25) is 5.02 Å². The summed E-state index contributed by atoms with van der Waals surface area (Å²) in [5, 5.41) is 0.596. The molecule has 0 aliphatic carbocycles. The summed E-state index contributed by atoms with van der Waals surface area (Å²) in [7, 11) is 0. The first-order valence-electron chi connectivity index (χ1n) is 5.47. The van der Waals surface area contributed by atoms with Crippen molar-refractivity contribution >= 4 is 34.4 Å². The lowest BCUT2D eigenvalue weighted by Crippen LogP contribution is -2.17. The molecule has 0 aromatic carbocycles. The summed E-state index contributed by atoms with van der Waals surface area (Å²) in [5.74, 6) is 1.22. The Morgan fingerprint density at radius 1 is 1.35 bits per heavy atom. The molecule has 2 rings (SSSR count). The van der Waals surface area contributed by atoms with Crippen LogP contribution in [0.25, 0.3) is 11.2 Å². The largest absolute Gasteiger partial charge is 0.311 e. The molecule has 5 heteroatoms. The lowest BCUT2D eigenvalue weighted by atomic mass is 9.97. The van der Waals surface area contributed by atoms with Gasteiger partial charge in [-0.25, -0.2) is 9.97 Å². The van der Waals surface area contributed by atoms with Crippen LogP contribution >= 0.6 is 23.2 Å². The molecule has 0 saturated carbocycles. The van der Waals surface area contributed by atoms with E-state index >= 15 is 0 Å². The molecule has 2 heterocycles. The molecule has 0 saturated heterocycles. The number of alkyl halides is 1. The van der Waals surface area contributed by atoms with Crippen LogP contribution in [0.4, 0.5) is 0 Å². The van der Waals surface area contributed by atoms with Gasteiger partial charge >= 0.3 is 0 Å². The quantitative estimate of drug-likeness (QED) is 0.777. The van der Waals surface area contributed by atoms with Crippen LogP contribution in [0.15, 0.2) is 12.3 Å². The van der Waals surface area contributed by atoms with Gasteiger partial charge < -0.3 is 4.57 Å². The summed E-state index contributed by atoms with van der Waals surface area (Å²) in [4.78, 5) is 8.80. The maximum Gasteiger partial charge on any atom is 0.160 e. The molecule has 0 bridgehead atoms. The Bertz CT molecular complexity index is 540.